The van der Waals surface area contributed by atoms with Gasteiger partial charge < -0.3 is 10.3 Å². The first-order valence-electron chi connectivity index (χ1n) is 7.28. The summed E-state index contributed by atoms with van der Waals surface area (Å²) in [6.07, 6.45) is 4.62. The molecule has 0 atom stereocenters. The molecule has 0 spiro atoms. The van der Waals surface area contributed by atoms with E-state index in [1.165, 1.54) is 5.56 Å². The zero-order chi connectivity index (χ0) is 15.5. The van der Waals surface area contributed by atoms with Crippen LogP contribution in [0, 0.1) is 13.8 Å². The van der Waals surface area contributed by atoms with Crippen LogP contribution in [-0.4, -0.2) is 27.4 Å². The SMILES string of the molecule is Cc1nc2ccc(C(=O)NCCc3cc[nH]c3)cc2nc1C. The third-order valence-electron chi connectivity index (χ3n) is 3.70. The molecule has 1 aromatic carbocycles. The summed E-state index contributed by atoms with van der Waals surface area (Å²) in [6.45, 7) is 4.46. The average Bonchev–Trinajstić information content (AvgIpc) is 3.01. The van der Waals surface area contributed by atoms with Crippen LogP contribution in [0.1, 0.15) is 27.3 Å². The molecule has 3 rings (SSSR count). The van der Waals surface area contributed by atoms with Crippen LogP contribution >= 0.6 is 0 Å². The van der Waals surface area contributed by atoms with E-state index in [0.29, 0.717) is 12.1 Å². The van der Waals surface area contributed by atoms with Crippen molar-refractivity contribution in [2.24, 2.45) is 0 Å². The highest BCUT2D eigenvalue weighted by atomic mass is 16.1. The highest BCUT2D eigenvalue weighted by Gasteiger charge is 2.08. The number of amides is 1. The lowest BCUT2D eigenvalue weighted by Gasteiger charge is -2.06. The minimum Gasteiger partial charge on any atom is -0.367 e. The zero-order valence-corrected chi connectivity index (χ0v) is 12.7. The number of fused-ring (bicyclic) bond motifs is 1. The predicted molar refractivity (Wildman–Crippen MR) is 85.8 cm³/mol. The van der Waals surface area contributed by atoms with Crippen LogP contribution in [0.5, 0.6) is 0 Å². The van der Waals surface area contributed by atoms with Gasteiger partial charge in [-0.15, -0.1) is 0 Å². The summed E-state index contributed by atoms with van der Waals surface area (Å²) in [7, 11) is 0. The Kier molecular flexibility index (Phi) is 3.87. The van der Waals surface area contributed by atoms with E-state index in [9.17, 15) is 4.79 Å². The molecule has 0 aliphatic heterocycles. The molecule has 0 aliphatic rings. The standard InChI is InChI=1S/C17H18N4O/c1-11-12(2)21-16-9-14(3-4-15(16)20-11)17(22)19-8-6-13-5-7-18-10-13/h3-5,7,9-10,18H,6,8H2,1-2H3,(H,19,22). The third-order valence-corrected chi connectivity index (χ3v) is 3.70. The van der Waals surface area contributed by atoms with Gasteiger partial charge >= 0.3 is 0 Å². The van der Waals surface area contributed by atoms with E-state index in [2.05, 4.69) is 20.3 Å². The van der Waals surface area contributed by atoms with Crippen molar-refractivity contribution in [2.45, 2.75) is 20.3 Å². The minimum atomic E-state index is -0.0857. The van der Waals surface area contributed by atoms with Crippen LogP contribution in [0.4, 0.5) is 0 Å². The fourth-order valence-corrected chi connectivity index (χ4v) is 2.31. The number of benzene rings is 1. The van der Waals surface area contributed by atoms with Gasteiger partial charge in [0, 0.05) is 24.5 Å². The van der Waals surface area contributed by atoms with Crippen LogP contribution in [0.2, 0.25) is 0 Å². The summed E-state index contributed by atoms with van der Waals surface area (Å²) in [5.74, 6) is -0.0857. The monoisotopic (exact) mass is 294 g/mol. The Bertz CT molecular complexity index is 809. The topological polar surface area (TPSA) is 70.7 Å². The molecule has 112 valence electrons. The van der Waals surface area contributed by atoms with Crippen molar-refractivity contribution in [2.75, 3.05) is 6.54 Å². The molecular weight excluding hydrogens is 276 g/mol. The van der Waals surface area contributed by atoms with Gasteiger partial charge in [0.25, 0.3) is 5.91 Å². The van der Waals surface area contributed by atoms with Gasteiger partial charge in [-0.25, -0.2) is 9.97 Å². The van der Waals surface area contributed by atoms with E-state index in [1.54, 1.807) is 12.1 Å². The molecule has 1 amide bonds. The molecule has 0 radical (unpaired) electrons. The highest BCUT2D eigenvalue weighted by molar-refractivity contribution is 5.97. The number of carbonyl (C=O) groups excluding carboxylic acids is 1. The molecule has 0 bridgehead atoms. The summed E-state index contributed by atoms with van der Waals surface area (Å²) in [6, 6.07) is 7.43. The normalized spacial score (nSPS) is 10.8. The smallest absolute Gasteiger partial charge is 0.251 e. The largest absolute Gasteiger partial charge is 0.367 e. The van der Waals surface area contributed by atoms with Gasteiger partial charge in [0.15, 0.2) is 0 Å². The van der Waals surface area contributed by atoms with Crippen molar-refractivity contribution in [3.05, 3.63) is 59.2 Å². The van der Waals surface area contributed by atoms with Gasteiger partial charge in [0.2, 0.25) is 0 Å². The first kappa shape index (κ1) is 14.3. The summed E-state index contributed by atoms with van der Waals surface area (Å²) in [5.41, 5.74) is 5.15. The second kappa shape index (κ2) is 5.97. The molecule has 2 heterocycles. The van der Waals surface area contributed by atoms with E-state index >= 15 is 0 Å². The van der Waals surface area contributed by atoms with E-state index in [0.717, 1.165) is 28.8 Å². The molecule has 0 saturated carbocycles. The fourth-order valence-electron chi connectivity index (χ4n) is 2.31. The molecule has 2 N–H and O–H groups in total. The fraction of sp³-hybridized carbons (Fsp3) is 0.235. The molecule has 5 nitrogen and oxygen atoms in total. The van der Waals surface area contributed by atoms with E-state index in [-0.39, 0.29) is 5.91 Å². The van der Waals surface area contributed by atoms with Crippen molar-refractivity contribution in [3.8, 4) is 0 Å². The maximum atomic E-state index is 12.2. The summed E-state index contributed by atoms with van der Waals surface area (Å²) in [4.78, 5) is 24.2. The number of hydrogen-bond donors (Lipinski definition) is 2. The van der Waals surface area contributed by atoms with Gasteiger partial charge in [-0.1, -0.05) is 0 Å². The molecule has 0 fully saturated rings. The number of aromatic nitrogens is 3. The maximum Gasteiger partial charge on any atom is 0.251 e. The lowest BCUT2D eigenvalue weighted by Crippen LogP contribution is -2.25. The Hall–Kier alpha value is -2.69. The van der Waals surface area contributed by atoms with Crippen molar-refractivity contribution in [3.63, 3.8) is 0 Å². The number of rotatable bonds is 4. The number of nitrogens with zero attached hydrogens (tertiary/aromatic N) is 2. The van der Waals surface area contributed by atoms with Gasteiger partial charge in [-0.2, -0.15) is 0 Å². The molecule has 3 aromatic rings. The summed E-state index contributed by atoms with van der Waals surface area (Å²) >= 11 is 0. The van der Waals surface area contributed by atoms with Gasteiger partial charge in [-0.3, -0.25) is 4.79 Å². The van der Waals surface area contributed by atoms with Crippen LogP contribution in [-0.2, 0) is 6.42 Å². The minimum absolute atomic E-state index is 0.0857. The molecule has 0 saturated heterocycles. The second-order valence-electron chi connectivity index (χ2n) is 5.32. The van der Waals surface area contributed by atoms with Crippen LogP contribution in [0.3, 0.4) is 0 Å². The van der Waals surface area contributed by atoms with E-state index in [1.807, 2.05) is 38.4 Å². The van der Waals surface area contributed by atoms with Gasteiger partial charge in [0.1, 0.15) is 0 Å². The quantitative estimate of drug-likeness (QED) is 0.777. The van der Waals surface area contributed by atoms with E-state index in [4.69, 9.17) is 0 Å². The number of carbonyl (C=O) groups is 1. The van der Waals surface area contributed by atoms with Gasteiger partial charge in [-0.05, 0) is 50.1 Å². The van der Waals surface area contributed by atoms with Crippen molar-refractivity contribution < 1.29 is 4.79 Å². The molecule has 0 aliphatic carbocycles. The Labute approximate surface area is 128 Å². The molecule has 5 heteroatoms. The van der Waals surface area contributed by atoms with Crippen LogP contribution in [0.15, 0.2) is 36.7 Å². The summed E-state index contributed by atoms with van der Waals surface area (Å²) < 4.78 is 0. The van der Waals surface area contributed by atoms with Gasteiger partial charge in [0.05, 0.1) is 22.4 Å². The van der Waals surface area contributed by atoms with Crippen molar-refractivity contribution in [1.29, 1.82) is 0 Å². The second-order valence-corrected chi connectivity index (χ2v) is 5.32. The number of aromatic amines is 1. The number of hydrogen-bond acceptors (Lipinski definition) is 3. The first-order valence-corrected chi connectivity index (χ1v) is 7.28. The average molecular weight is 294 g/mol. The Morgan fingerprint density at radius 3 is 2.64 bits per heavy atom. The first-order chi connectivity index (χ1) is 10.6. The Morgan fingerprint density at radius 1 is 1.14 bits per heavy atom. The predicted octanol–water partition coefficient (Wildman–Crippen LogP) is 2.55. The summed E-state index contributed by atoms with van der Waals surface area (Å²) in [5, 5.41) is 2.93. The number of nitrogens with one attached hydrogen (secondary N) is 2. The van der Waals surface area contributed by atoms with Crippen LogP contribution < -0.4 is 5.32 Å². The maximum absolute atomic E-state index is 12.2. The Morgan fingerprint density at radius 2 is 1.91 bits per heavy atom. The van der Waals surface area contributed by atoms with Crippen LogP contribution in [0.25, 0.3) is 11.0 Å². The lowest BCUT2D eigenvalue weighted by molar-refractivity contribution is 0.0954. The molecule has 0 unspecified atom stereocenters. The third kappa shape index (κ3) is 2.98. The molecule has 22 heavy (non-hydrogen) atoms. The van der Waals surface area contributed by atoms with Crippen molar-refractivity contribution in [1.82, 2.24) is 20.3 Å². The molecular formula is C17H18N4O. The van der Waals surface area contributed by atoms with Crippen molar-refractivity contribution >= 4 is 16.9 Å². The zero-order valence-electron chi connectivity index (χ0n) is 12.7. The highest BCUT2D eigenvalue weighted by Crippen LogP contribution is 2.14. The van der Waals surface area contributed by atoms with E-state index < -0.39 is 0 Å². The lowest BCUT2D eigenvalue weighted by atomic mass is 10.1. The number of H-pyrrole nitrogens is 1. The molecule has 2 aromatic heterocycles. The Balaban J connectivity index is 1.72. The number of aryl methyl sites for hydroxylation is 2.